The van der Waals surface area contributed by atoms with Gasteiger partial charge < -0.3 is 19.9 Å². The van der Waals surface area contributed by atoms with Crippen LogP contribution in [0, 0.1) is 5.82 Å². The maximum atomic E-state index is 13.8. The summed E-state index contributed by atoms with van der Waals surface area (Å²) in [5.41, 5.74) is 0.137. The van der Waals surface area contributed by atoms with E-state index in [0.717, 1.165) is 11.9 Å². The van der Waals surface area contributed by atoms with Gasteiger partial charge in [0.05, 0.1) is 7.11 Å². The number of anilines is 1. The third-order valence-corrected chi connectivity index (χ3v) is 4.70. The molecule has 1 saturated heterocycles. The van der Waals surface area contributed by atoms with Gasteiger partial charge >= 0.3 is 0 Å². The van der Waals surface area contributed by atoms with Gasteiger partial charge in [-0.2, -0.15) is 0 Å². The SMILES string of the molecule is COc1ccc(C(=O)N[C@H](C)C(=O)N2CCN(c3ccccn3)CC2)cc1F. The molecule has 2 amide bonds. The molecule has 3 rings (SSSR count). The number of rotatable bonds is 5. The Labute approximate surface area is 163 Å². The Kier molecular flexibility index (Phi) is 6.08. The highest BCUT2D eigenvalue weighted by Gasteiger charge is 2.26. The van der Waals surface area contributed by atoms with Crippen LogP contribution in [0.5, 0.6) is 5.75 Å². The Balaban J connectivity index is 1.55. The van der Waals surface area contributed by atoms with Crippen LogP contribution in [0.3, 0.4) is 0 Å². The monoisotopic (exact) mass is 386 g/mol. The number of carbonyl (C=O) groups is 2. The number of hydrogen-bond donors (Lipinski definition) is 1. The highest BCUT2D eigenvalue weighted by Crippen LogP contribution is 2.18. The van der Waals surface area contributed by atoms with Crippen molar-refractivity contribution in [1.82, 2.24) is 15.2 Å². The fourth-order valence-corrected chi connectivity index (χ4v) is 3.12. The highest BCUT2D eigenvalue weighted by atomic mass is 19.1. The zero-order chi connectivity index (χ0) is 20.1. The van der Waals surface area contributed by atoms with Crippen LogP contribution in [0.4, 0.5) is 10.2 Å². The zero-order valence-electron chi connectivity index (χ0n) is 15.9. The van der Waals surface area contributed by atoms with Crippen molar-refractivity contribution in [3.05, 3.63) is 54.0 Å². The van der Waals surface area contributed by atoms with Crippen molar-refractivity contribution in [3.63, 3.8) is 0 Å². The lowest BCUT2D eigenvalue weighted by molar-refractivity contribution is -0.133. The Morgan fingerprint density at radius 1 is 1.18 bits per heavy atom. The molecule has 28 heavy (non-hydrogen) atoms. The molecule has 0 unspecified atom stereocenters. The summed E-state index contributed by atoms with van der Waals surface area (Å²) < 4.78 is 18.6. The molecule has 0 bridgehead atoms. The summed E-state index contributed by atoms with van der Waals surface area (Å²) in [6.45, 7) is 4.07. The van der Waals surface area contributed by atoms with Crippen LogP contribution >= 0.6 is 0 Å². The lowest BCUT2D eigenvalue weighted by Gasteiger charge is -2.36. The normalized spacial score (nSPS) is 15.1. The minimum atomic E-state index is -0.709. The fraction of sp³-hybridized carbons (Fsp3) is 0.350. The molecule has 1 aliphatic rings. The van der Waals surface area contributed by atoms with Gasteiger partial charge in [-0.05, 0) is 37.3 Å². The lowest BCUT2D eigenvalue weighted by atomic mass is 10.1. The van der Waals surface area contributed by atoms with Crippen LogP contribution < -0.4 is 15.0 Å². The van der Waals surface area contributed by atoms with Crippen LogP contribution in [0.2, 0.25) is 0 Å². The van der Waals surface area contributed by atoms with E-state index in [1.165, 1.54) is 19.2 Å². The topological polar surface area (TPSA) is 74.8 Å². The molecule has 0 spiro atoms. The van der Waals surface area contributed by atoms with Crippen LogP contribution in [-0.4, -0.2) is 61.0 Å². The van der Waals surface area contributed by atoms with E-state index in [1.807, 2.05) is 18.2 Å². The van der Waals surface area contributed by atoms with Gasteiger partial charge in [-0.1, -0.05) is 6.07 Å². The highest BCUT2D eigenvalue weighted by molar-refractivity contribution is 5.97. The van der Waals surface area contributed by atoms with Crippen molar-refractivity contribution in [3.8, 4) is 5.75 Å². The fourth-order valence-electron chi connectivity index (χ4n) is 3.12. The number of benzene rings is 1. The molecule has 2 heterocycles. The number of ether oxygens (including phenoxy) is 1. The number of piperazine rings is 1. The van der Waals surface area contributed by atoms with Gasteiger partial charge in [0, 0.05) is 37.9 Å². The van der Waals surface area contributed by atoms with Crippen molar-refractivity contribution in [2.24, 2.45) is 0 Å². The molecule has 0 aliphatic carbocycles. The first kappa shape index (κ1) is 19.6. The number of nitrogens with one attached hydrogen (secondary N) is 1. The van der Waals surface area contributed by atoms with E-state index in [2.05, 4.69) is 15.2 Å². The van der Waals surface area contributed by atoms with Gasteiger partial charge in [-0.3, -0.25) is 9.59 Å². The van der Waals surface area contributed by atoms with Crippen molar-refractivity contribution in [2.45, 2.75) is 13.0 Å². The lowest BCUT2D eigenvalue weighted by Crippen LogP contribution is -2.54. The first-order valence-corrected chi connectivity index (χ1v) is 9.08. The Morgan fingerprint density at radius 2 is 1.93 bits per heavy atom. The van der Waals surface area contributed by atoms with Crippen LogP contribution in [0.1, 0.15) is 17.3 Å². The summed E-state index contributed by atoms with van der Waals surface area (Å²) in [6, 6.07) is 8.96. The van der Waals surface area contributed by atoms with E-state index in [4.69, 9.17) is 4.74 Å². The largest absolute Gasteiger partial charge is 0.494 e. The Hall–Kier alpha value is -3.16. The number of halogens is 1. The summed E-state index contributed by atoms with van der Waals surface area (Å²) in [4.78, 5) is 33.1. The van der Waals surface area contributed by atoms with Gasteiger partial charge in [0.1, 0.15) is 11.9 Å². The number of aromatic nitrogens is 1. The molecule has 7 nitrogen and oxygen atoms in total. The molecular weight excluding hydrogens is 363 g/mol. The second-order valence-corrected chi connectivity index (χ2v) is 6.54. The maximum absolute atomic E-state index is 13.8. The smallest absolute Gasteiger partial charge is 0.252 e. The summed E-state index contributed by atoms with van der Waals surface area (Å²) in [7, 11) is 1.35. The van der Waals surface area contributed by atoms with Crippen LogP contribution in [0.15, 0.2) is 42.6 Å². The molecule has 1 atom stereocenters. The van der Waals surface area contributed by atoms with E-state index in [1.54, 1.807) is 18.0 Å². The van der Waals surface area contributed by atoms with Gasteiger partial charge in [0.2, 0.25) is 5.91 Å². The van der Waals surface area contributed by atoms with Crippen LogP contribution in [-0.2, 0) is 4.79 Å². The van der Waals surface area contributed by atoms with Crippen molar-refractivity contribution in [2.75, 3.05) is 38.2 Å². The number of pyridine rings is 1. The van der Waals surface area contributed by atoms with Gasteiger partial charge in [-0.25, -0.2) is 9.37 Å². The van der Waals surface area contributed by atoms with E-state index in [-0.39, 0.29) is 17.2 Å². The van der Waals surface area contributed by atoms with Crippen molar-refractivity contribution >= 4 is 17.6 Å². The Bertz CT molecular complexity index is 839. The number of carbonyl (C=O) groups excluding carboxylic acids is 2. The molecule has 0 radical (unpaired) electrons. The first-order chi connectivity index (χ1) is 13.5. The predicted molar refractivity (Wildman–Crippen MR) is 103 cm³/mol. The average molecular weight is 386 g/mol. The summed E-state index contributed by atoms with van der Waals surface area (Å²) in [5, 5.41) is 2.64. The molecule has 1 aromatic carbocycles. The van der Waals surface area contributed by atoms with Crippen molar-refractivity contribution < 1.29 is 18.7 Å². The number of hydrogen-bond acceptors (Lipinski definition) is 5. The summed E-state index contributed by atoms with van der Waals surface area (Å²) in [5.74, 6) is -0.346. The molecule has 1 aliphatic heterocycles. The number of nitrogens with zero attached hydrogens (tertiary/aromatic N) is 3. The average Bonchev–Trinajstić information content (AvgIpc) is 2.73. The molecule has 1 fully saturated rings. The molecule has 2 aromatic rings. The second kappa shape index (κ2) is 8.69. The molecule has 0 saturated carbocycles. The zero-order valence-corrected chi connectivity index (χ0v) is 15.9. The predicted octanol–water partition coefficient (Wildman–Crippen LogP) is 1.70. The number of amides is 2. The van der Waals surface area contributed by atoms with E-state index >= 15 is 0 Å². The molecule has 8 heteroatoms. The number of methoxy groups -OCH3 is 1. The third kappa shape index (κ3) is 4.39. The third-order valence-electron chi connectivity index (χ3n) is 4.70. The first-order valence-electron chi connectivity index (χ1n) is 9.08. The van der Waals surface area contributed by atoms with Gasteiger partial charge in [0.25, 0.3) is 5.91 Å². The summed E-state index contributed by atoms with van der Waals surface area (Å²) >= 11 is 0. The van der Waals surface area contributed by atoms with E-state index in [0.29, 0.717) is 26.2 Å². The van der Waals surface area contributed by atoms with E-state index in [9.17, 15) is 14.0 Å². The molecule has 148 valence electrons. The minimum Gasteiger partial charge on any atom is -0.494 e. The van der Waals surface area contributed by atoms with Crippen molar-refractivity contribution in [1.29, 1.82) is 0 Å². The maximum Gasteiger partial charge on any atom is 0.252 e. The van der Waals surface area contributed by atoms with Crippen LogP contribution in [0.25, 0.3) is 0 Å². The van der Waals surface area contributed by atoms with Gasteiger partial charge in [0.15, 0.2) is 11.6 Å². The second-order valence-electron chi connectivity index (χ2n) is 6.54. The molecule has 1 N–H and O–H groups in total. The standard InChI is InChI=1S/C20H23FN4O3/c1-14(23-19(26)15-6-7-17(28-2)16(21)13-15)20(27)25-11-9-24(10-12-25)18-5-3-4-8-22-18/h3-8,13-14H,9-12H2,1-2H3,(H,23,26)/t14-/m1/s1. The summed E-state index contributed by atoms with van der Waals surface area (Å²) in [6.07, 6.45) is 1.74. The molecular formula is C20H23FN4O3. The van der Waals surface area contributed by atoms with Gasteiger partial charge in [-0.15, -0.1) is 0 Å². The Morgan fingerprint density at radius 3 is 2.54 bits per heavy atom. The quantitative estimate of drug-likeness (QED) is 0.847. The minimum absolute atomic E-state index is 0.0615. The molecule has 1 aromatic heterocycles. The van der Waals surface area contributed by atoms with E-state index < -0.39 is 17.8 Å².